The van der Waals surface area contributed by atoms with E-state index < -0.39 is 0 Å². The van der Waals surface area contributed by atoms with E-state index in [9.17, 15) is 9.90 Å². The van der Waals surface area contributed by atoms with Crippen molar-refractivity contribution >= 4 is 23.4 Å². The van der Waals surface area contributed by atoms with E-state index in [1.807, 2.05) is 11.8 Å². The number of phenolic OH excluding ortho intramolecular Hbond substituents is 1. The summed E-state index contributed by atoms with van der Waals surface area (Å²) in [6, 6.07) is 4.67. The molecule has 2 atom stereocenters. The zero-order valence-electron chi connectivity index (χ0n) is 11.1. The maximum atomic E-state index is 12.1. The molecule has 19 heavy (non-hydrogen) atoms. The standard InChI is InChI=1S/C14H20N2O2S/c1-2-19-11-5-3-9(7-11)16-14(18)12-8-10(17)4-6-13(12)15/h4,6,8-9,11,17H,2-3,5,7,15H2,1H3,(H,16,18). The van der Waals surface area contributed by atoms with E-state index in [1.165, 1.54) is 12.1 Å². The maximum Gasteiger partial charge on any atom is 0.253 e. The number of nitrogen functional groups attached to an aromatic ring is 1. The number of thioether (sulfide) groups is 1. The number of nitrogens with one attached hydrogen (secondary N) is 1. The van der Waals surface area contributed by atoms with Gasteiger partial charge in [-0.2, -0.15) is 11.8 Å². The van der Waals surface area contributed by atoms with Gasteiger partial charge in [-0.25, -0.2) is 0 Å². The topological polar surface area (TPSA) is 75.3 Å². The zero-order chi connectivity index (χ0) is 13.8. The molecule has 0 aliphatic heterocycles. The Kier molecular flexibility index (Phi) is 4.58. The van der Waals surface area contributed by atoms with E-state index in [4.69, 9.17) is 5.73 Å². The molecule has 4 nitrogen and oxygen atoms in total. The van der Waals surface area contributed by atoms with E-state index >= 15 is 0 Å². The summed E-state index contributed by atoms with van der Waals surface area (Å²) >= 11 is 1.96. The second-order valence-electron chi connectivity index (χ2n) is 4.83. The van der Waals surface area contributed by atoms with Gasteiger partial charge >= 0.3 is 0 Å². The molecule has 0 radical (unpaired) electrons. The van der Waals surface area contributed by atoms with Crippen molar-refractivity contribution in [3.05, 3.63) is 23.8 Å². The molecule has 2 unspecified atom stereocenters. The molecule has 1 aliphatic rings. The summed E-state index contributed by atoms with van der Waals surface area (Å²) < 4.78 is 0. The van der Waals surface area contributed by atoms with Crippen LogP contribution in [0, 0.1) is 0 Å². The number of hydrogen-bond donors (Lipinski definition) is 3. The Hall–Kier alpha value is -1.36. The van der Waals surface area contributed by atoms with Crippen LogP contribution in [0.25, 0.3) is 0 Å². The molecule has 0 aromatic heterocycles. The minimum absolute atomic E-state index is 0.0604. The van der Waals surface area contributed by atoms with Gasteiger partial charge in [-0.1, -0.05) is 6.92 Å². The van der Waals surface area contributed by atoms with Gasteiger partial charge in [-0.3, -0.25) is 4.79 Å². The van der Waals surface area contributed by atoms with Crippen LogP contribution < -0.4 is 11.1 Å². The molecule has 1 fully saturated rings. The molecule has 0 spiro atoms. The summed E-state index contributed by atoms with van der Waals surface area (Å²) in [4.78, 5) is 12.1. The van der Waals surface area contributed by atoms with Crippen LogP contribution in [0.4, 0.5) is 5.69 Å². The highest BCUT2D eigenvalue weighted by atomic mass is 32.2. The predicted molar refractivity (Wildman–Crippen MR) is 79.5 cm³/mol. The van der Waals surface area contributed by atoms with Crippen LogP contribution in [0.5, 0.6) is 5.75 Å². The average molecular weight is 280 g/mol. The second kappa shape index (κ2) is 6.19. The van der Waals surface area contributed by atoms with Crippen molar-refractivity contribution < 1.29 is 9.90 Å². The first kappa shape index (κ1) is 14.1. The van der Waals surface area contributed by atoms with Crippen LogP contribution in [-0.2, 0) is 0 Å². The quantitative estimate of drug-likeness (QED) is 0.584. The number of phenols is 1. The van der Waals surface area contributed by atoms with Crippen LogP contribution in [0.15, 0.2) is 18.2 Å². The summed E-state index contributed by atoms with van der Waals surface area (Å²) in [5.41, 5.74) is 6.51. The lowest BCUT2D eigenvalue weighted by Crippen LogP contribution is -2.33. The smallest absolute Gasteiger partial charge is 0.253 e. The third-order valence-electron chi connectivity index (χ3n) is 3.40. The lowest BCUT2D eigenvalue weighted by Gasteiger charge is -2.14. The number of rotatable bonds is 4. The van der Waals surface area contributed by atoms with E-state index in [0.717, 1.165) is 25.0 Å². The van der Waals surface area contributed by atoms with Crippen molar-refractivity contribution in [2.24, 2.45) is 0 Å². The highest BCUT2D eigenvalue weighted by Gasteiger charge is 2.26. The van der Waals surface area contributed by atoms with Gasteiger partial charge in [0.05, 0.1) is 5.56 Å². The molecule has 0 bridgehead atoms. The number of aromatic hydroxyl groups is 1. The van der Waals surface area contributed by atoms with Gasteiger partial charge < -0.3 is 16.2 Å². The molecular formula is C14H20N2O2S. The van der Waals surface area contributed by atoms with Gasteiger partial charge in [0.25, 0.3) is 5.91 Å². The fraction of sp³-hybridized carbons (Fsp3) is 0.500. The molecule has 1 aromatic rings. The SMILES string of the molecule is CCSC1CCC(NC(=O)c2cc(O)ccc2N)C1. The number of nitrogens with two attached hydrogens (primary N) is 1. The zero-order valence-corrected chi connectivity index (χ0v) is 11.9. The largest absolute Gasteiger partial charge is 0.508 e. The van der Waals surface area contributed by atoms with Crippen molar-refractivity contribution in [1.82, 2.24) is 5.32 Å². The van der Waals surface area contributed by atoms with E-state index in [-0.39, 0.29) is 17.7 Å². The number of benzene rings is 1. The fourth-order valence-electron chi connectivity index (χ4n) is 2.46. The Balaban J connectivity index is 1.96. The van der Waals surface area contributed by atoms with E-state index in [1.54, 1.807) is 6.07 Å². The van der Waals surface area contributed by atoms with E-state index in [2.05, 4.69) is 12.2 Å². The number of anilines is 1. The first-order chi connectivity index (χ1) is 9.10. The predicted octanol–water partition coefficient (Wildman–Crippen LogP) is 2.38. The molecular weight excluding hydrogens is 260 g/mol. The third kappa shape index (κ3) is 3.56. The van der Waals surface area contributed by atoms with Gasteiger partial charge in [0.2, 0.25) is 0 Å². The molecule has 1 aliphatic carbocycles. The van der Waals surface area contributed by atoms with Crippen molar-refractivity contribution in [2.75, 3.05) is 11.5 Å². The Morgan fingerprint density at radius 3 is 3.05 bits per heavy atom. The van der Waals surface area contributed by atoms with Crippen LogP contribution in [0.3, 0.4) is 0 Å². The summed E-state index contributed by atoms with van der Waals surface area (Å²) in [7, 11) is 0. The number of amides is 1. The summed E-state index contributed by atoms with van der Waals surface area (Å²) in [6.45, 7) is 2.16. The Labute approximate surface area is 117 Å². The molecule has 0 saturated heterocycles. The molecule has 4 N–H and O–H groups in total. The fourth-order valence-corrected chi connectivity index (χ4v) is 3.60. The Morgan fingerprint density at radius 2 is 2.32 bits per heavy atom. The molecule has 1 aromatic carbocycles. The lowest BCUT2D eigenvalue weighted by molar-refractivity contribution is 0.0938. The van der Waals surface area contributed by atoms with Gasteiger partial charge in [-0.15, -0.1) is 0 Å². The van der Waals surface area contributed by atoms with Gasteiger partial charge in [0.15, 0.2) is 0 Å². The molecule has 2 rings (SSSR count). The summed E-state index contributed by atoms with van der Waals surface area (Å²) in [5.74, 6) is 0.982. The van der Waals surface area contributed by atoms with Gasteiger partial charge in [0, 0.05) is 17.0 Å². The number of carbonyl (C=O) groups excluding carboxylic acids is 1. The molecule has 1 saturated carbocycles. The number of carbonyl (C=O) groups is 1. The third-order valence-corrected chi connectivity index (χ3v) is 4.64. The first-order valence-electron chi connectivity index (χ1n) is 6.61. The Morgan fingerprint density at radius 1 is 1.53 bits per heavy atom. The van der Waals surface area contributed by atoms with Crippen LogP contribution in [0.2, 0.25) is 0 Å². The normalized spacial score (nSPS) is 22.4. The molecule has 1 amide bonds. The molecule has 5 heteroatoms. The summed E-state index contributed by atoms with van der Waals surface area (Å²) in [6.07, 6.45) is 3.18. The second-order valence-corrected chi connectivity index (χ2v) is 6.41. The minimum atomic E-state index is -0.194. The minimum Gasteiger partial charge on any atom is -0.508 e. The van der Waals surface area contributed by atoms with Crippen molar-refractivity contribution in [2.45, 2.75) is 37.5 Å². The molecule has 104 valence electrons. The highest BCUT2D eigenvalue weighted by molar-refractivity contribution is 7.99. The van der Waals surface area contributed by atoms with Crippen LogP contribution in [-0.4, -0.2) is 28.1 Å². The maximum absolute atomic E-state index is 12.1. The van der Waals surface area contributed by atoms with Crippen molar-refractivity contribution in [3.63, 3.8) is 0 Å². The lowest BCUT2D eigenvalue weighted by atomic mass is 10.1. The monoisotopic (exact) mass is 280 g/mol. The highest BCUT2D eigenvalue weighted by Crippen LogP contribution is 2.30. The van der Waals surface area contributed by atoms with Crippen molar-refractivity contribution in [3.8, 4) is 5.75 Å². The number of hydrogen-bond acceptors (Lipinski definition) is 4. The first-order valence-corrected chi connectivity index (χ1v) is 7.66. The molecule has 0 heterocycles. The van der Waals surface area contributed by atoms with Gasteiger partial charge in [-0.05, 0) is 43.2 Å². The summed E-state index contributed by atoms with van der Waals surface area (Å²) in [5, 5.41) is 13.1. The Bertz CT molecular complexity index is 465. The average Bonchev–Trinajstić information content (AvgIpc) is 2.80. The van der Waals surface area contributed by atoms with E-state index in [0.29, 0.717) is 16.5 Å². The van der Waals surface area contributed by atoms with Gasteiger partial charge in [0.1, 0.15) is 5.75 Å². The van der Waals surface area contributed by atoms with Crippen LogP contribution >= 0.6 is 11.8 Å². The van der Waals surface area contributed by atoms with Crippen LogP contribution in [0.1, 0.15) is 36.5 Å². The van der Waals surface area contributed by atoms with Crippen molar-refractivity contribution in [1.29, 1.82) is 0 Å².